The maximum atomic E-state index is 12.4. The standard InChI is InChI=1S/C19H25N3O5/c1-6-8-21-11-15(23)22(18(21)25)12-26-17(24)16-14(19(16,4)5)9-13(3)10-20-27-7-2/h1,9-10,14,16H,7-8,11-12H2,2-5H3/b13-9+,20-10+/t14-,16+/m0/s1. The molecule has 2 fully saturated rings. The van der Waals surface area contributed by atoms with Crippen LogP contribution >= 0.6 is 0 Å². The number of amides is 3. The molecule has 0 aromatic heterocycles. The van der Waals surface area contributed by atoms with Gasteiger partial charge in [0.15, 0.2) is 6.73 Å². The van der Waals surface area contributed by atoms with Crippen molar-refractivity contribution in [2.75, 3.05) is 26.4 Å². The summed E-state index contributed by atoms with van der Waals surface area (Å²) in [5, 5.41) is 3.81. The summed E-state index contributed by atoms with van der Waals surface area (Å²) in [6.45, 7) is 7.68. The minimum atomic E-state index is -0.541. The van der Waals surface area contributed by atoms with Crippen molar-refractivity contribution < 1.29 is 24.0 Å². The Morgan fingerprint density at radius 2 is 2.15 bits per heavy atom. The second-order valence-electron chi connectivity index (χ2n) is 7.14. The summed E-state index contributed by atoms with van der Waals surface area (Å²) in [6.07, 6.45) is 8.73. The van der Waals surface area contributed by atoms with Gasteiger partial charge in [0.1, 0.15) is 13.2 Å². The first-order chi connectivity index (χ1) is 12.7. The highest BCUT2D eigenvalue weighted by atomic mass is 16.6. The molecule has 0 aromatic carbocycles. The molecule has 27 heavy (non-hydrogen) atoms. The van der Waals surface area contributed by atoms with Crippen molar-refractivity contribution in [3.8, 4) is 12.3 Å². The van der Waals surface area contributed by atoms with E-state index in [0.29, 0.717) is 6.61 Å². The normalized spacial score (nSPS) is 24.3. The third kappa shape index (κ3) is 4.48. The Morgan fingerprint density at radius 3 is 2.78 bits per heavy atom. The van der Waals surface area contributed by atoms with E-state index in [4.69, 9.17) is 16.0 Å². The molecule has 1 aliphatic heterocycles. The first-order valence-corrected chi connectivity index (χ1v) is 8.77. The summed E-state index contributed by atoms with van der Waals surface area (Å²) in [5.74, 6) is 1.09. The molecule has 1 saturated heterocycles. The van der Waals surface area contributed by atoms with E-state index in [9.17, 15) is 14.4 Å². The van der Waals surface area contributed by atoms with Gasteiger partial charge in [0.2, 0.25) is 0 Å². The van der Waals surface area contributed by atoms with Crippen molar-refractivity contribution in [3.05, 3.63) is 11.6 Å². The highest BCUT2D eigenvalue weighted by molar-refractivity contribution is 6.02. The Balaban J connectivity index is 1.93. The first-order valence-electron chi connectivity index (χ1n) is 8.77. The van der Waals surface area contributed by atoms with E-state index >= 15 is 0 Å². The fourth-order valence-corrected chi connectivity index (χ4v) is 3.13. The first kappa shape index (κ1) is 20.5. The Hall–Kier alpha value is -2.82. The minimum Gasteiger partial charge on any atom is -0.443 e. The Labute approximate surface area is 159 Å². The zero-order valence-electron chi connectivity index (χ0n) is 16.1. The molecule has 0 spiro atoms. The molecule has 1 aliphatic carbocycles. The van der Waals surface area contributed by atoms with Crippen LogP contribution < -0.4 is 0 Å². The number of nitrogens with zero attached hydrogens (tertiary/aromatic N) is 3. The van der Waals surface area contributed by atoms with Crippen LogP contribution in [0.15, 0.2) is 16.8 Å². The van der Waals surface area contributed by atoms with Gasteiger partial charge in [-0.1, -0.05) is 31.0 Å². The quantitative estimate of drug-likeness (QED) is 0.211. The fraction of sp³-hybridized carbons (Fsp3) is 0.579. The van der Waals surface area contributed by atoms with Gasteiger partial charge in [-0.2, -0.15) is 0 Å². The van der Waals surface area contributed by atoms with E-state index in [2.05, 4.69) is 11.1 Å². The Morgan fingerprint density at radius 1 is 1.44 bits per heavy atom. The molecule has 1 heterocycles. The lowest BCUT2D eigenvalue weighted by Crippen LogP contribution is -2.36. The van der Waals surface area contributed by atoms with E-state index in [1.165, 1.54) is 4.90 Å². The summed E-state index contributed by atoms with van der Waals surface area (Å²) in [5.41, 5.74) is 0.610. The predicted octanol–water partition coefficient (Wildman–Crippen LogP) is 1.63. The topological polar surface area (TPSA) is 88.5 Å². The molecule has 0 aromatic rings. The summed E-state index contributed by atoms with van der Waals surface area (Å²) < 4.78 is 5.24. The van der Waals surface area contributed by atoms with Crippen molar-refractivity contribution in [3.63, 3.8) is 0 Å². The number of imide groups is 1. The molecular formula is C19H25N3O5. The SMILES string of the molecule is C#CCN1CC(=O)N(COC(=O)[C@H]2[C@H](/C=C(C)/C=N/OCC)C2(C)C)C1=O. The van der Waals surface area contributed by atoms with E-state index in [-0.39, 0.29) is 30.3 Å². The molecule has 2 atom stereocenters. The summed E-state index contributed by atoms with van der Waals surface area (Å²) in [6, 6.07) is -0.541. The van der Waals surface area contributed by atoms with Gasteiger partial charge in [0, 0.05) is 0 Å². The number of allylic oxidation sites excluding steroid dienone is 2. The Kier molecular flexibility index (Phi) is 6.26. The van der Waals surface area contributed by atoms with Gasteiger partial charge in [-0.15, -0.1) is 6.42 Å². The van der Waals surface area contributed by atoms with Gasteiger partial charge in [-0.3, -0.25) is 9.59 Å². The van der Waals surface area contributed by atoms with Gasteiger partial charge >= 0.3 is 12.0 Å². The second-order valence-corrected chi connectivity index (χ2v) is 7.14. The van der Waals surface area contributed by atoms with Crippen LogP contribution in [0.2, 0.25) is 0 Å². The van der Waals surface area contributed by atoms with Gasteiger partial charge in [0.05, 0.1) is 18.7 Å². The van der Waals surface area contributed by atoms with Crippen molar-refractivity contribution in [2.24, 2.45) is 22.4 Å². The smallest absolute Gasteiger partial charge is 0.330 e. The highest BCUT2D eigenvalue weighted by Crippen LogP contribution is 2.59. The number of oxime groups is 1. The molecular weight excluding hydrogens is 350 g/mol. The van der Waals surface area contributed by atoms with Crippen LogP contribution in [0, 0.1) is 29.6 Å². The summed E-state index contributed by atoms with van der Waals surface area (Å²) in [7, 11) is 0. The van der Waals surface area contributed by atoms with Crippen LogP contribution in [0.3, 0.4) is 0 Å². The zero-order valence-corrected chi connectivity index (χ0v) is 16.1. The van der Waals surface area contributed by atoms with Crippen LogP contribution in [0.5, 0.6) is 0 Å². The second kappa shape index (κ2) is 8.25. The number of carbonyl (C=O) groups excluding carboxylic acids is 3. The van der Waals surface area contributed by atoms with Crippen molar-refractivity contribution in [1.82, 2.24) is 9.80 Å². The van der Waals surface area contributed by atoms with Crippen LogP contribution in [0.1, 0.15) is 27.7 Å². The average molecular weight is 375 g/mol. The summed E-state index contributed by atoms with van der Waals surface area (Å²) >= 11 is 0. The van der Waals surface area contributed by atoms with Crippen molar-refractivity contribution in [1.29, 1.82) is 0 Å². The largest absolute Gasteiger partial charge is 0.443 e. The van der Waals surface area contributed by atoms with E-state index in [1.54, 1.807) is 6.21 Å². The number of urea groups is 1. The van der Waals surface area contributed by atoms with Crippen molar-refractivity contribution >= 4 is 24.1 Å². The van der Waals surface area contributed by atoms with Crippen LogP contribution in [0.25, 0.3) is 0 Å². The lowest BCUT2D eigenvalue weighted by Gasteiger charge is -2.15. The zero-order chi connectivity index (χ0) is 20.2. The maximum Gasteiger partial charge on any atom is 0.330 e. The lowest BCUT2D eigenvalue weighted by molar-refractivity contribution is -0.151. The molecule has 0 radical (unpaired) electrons. The highest BCUT2D eigenvalue weighted by Gasteiger charge is 2.61. The van der Waals surface area contributed by atoms with Crippen LogP contribution in [0.4, 0.5) is 4.79 Å². The molecule has 8 heteroatoms. The molecule has 0 unspecified atom stereocenters. The van der Waals surface area contributed by atoms with Gasteiger partial charge < -0.3 is 14.5 Å². The number of esters is 1. The lowest BCUT2D eigenvalue weighted by atomic mass is 10.1. The number of terminal acetylenes is 1. The average Bonchev–Trinajstić information content (AvgIpc) is 3.02. The van der Waals surface area contributed by atoms with E-state index in [0.717, 1.165) is 10.5 Å². The number of hydrogen-bond acceptors (Lipinski definition) is 6. The van der Waals surface area contributed by atoms with E-state index in [1.807, 2.05) is 33.8 Å². The van der Waals surface area contributed by atoms with Gasteiger partial charge in [-0.25, -0.2) is 9.69 Å². The third-order valence-corrected chi connectivity index (χ3v) is 4.81. The minimum absolute atomic E-state index is 0.0130. The monoisotopic (exact) mass is 375 g/mol. The molecule has 2 aliphatic rings. The molecule has 2 rings (SSSR count). The molecule has 8 nitrogen and oxygen atoms in total. The molecule has 1 saturated carbocycles. The molecule has 146 valence electrons. The van der Waals surface area contributed by atoms with Gasteiger partial charge in [-0.05, 0) is 30.8 Å². The molecule has 0 N–H and O–H groups in total. The number of ether oxygens (including phenoxy) is 1. The van der Waals surface area contributed by atoms with E-state index < -0.39 is 24.6 Å². The number of carbonyl (C=O) groups is 3. The maximum absolute atomic E-state index is 12.4. The third-order valence-electron chi connectivity index (χ3n) is 4.81. The van der Waals surface area contributed by atoms with Crippen molar-refractivity contribution in [2.45, 2.75) is 27.7 Å². The van der Waals surface area contributed by atoms with Crippen LogP contribution in [-0.4, -0.2) is 60.3 Å². The fourth-order valence-electron chi connectivity index (χ4n) is 3.13. The number of hydrogen-bond donors (Lipinski definition) is 0. The Bertz CT molecular complexity index is 719. The van der Waals surface area contributed by atoms with Gasteiger partial charge in [0.25, 0.3) is 5.91 Å². The van der Waals surface area contributed by atoms with Crippen LogP contribution in [-0.2, 0) is 19.2 Å². The molecule has 3 amide bonds. The molecule has 0 bridgehead atoms. The summed E-state index contributed by atoms with van der Waals surface area (Å²) in [4.78, 5) is 43.5. The number of rotatable bonds is 8. The predicted molar refractivity (Wildman–Crippen MR) is 98.2 cm³/mol.